The van der Waals surface area contributed by atoms with E-state index in [-0.39, 0.29) is 5.97 Å². The molecule has 0 unspecified atom stereocenters. The van der Waals surface area contributed by atoms with Crippen LogP contribution in [0.4, 0.5) is 0 Å². The fraction of sp³-hybridized carbons (Fsp3) is 0.588. The lowest BCUT2D eigenvalue weighted by molar-refractivity contribution is -0.148. The van der Waals surface area contributed by atoms with Crippen molar-refractivity contribution in [3.63, 3.8) is 0 Å². The van der Waals surface area contributed by atoms with Crippen molar-refractivity contribution < 1.29 is 9.53 Å². The number of unbranched alkanes of at least 4 members (excludes halogenated alkanes) is 3. The maximum absolute atomic E-state index is 11.7. The zero-order valence-corrected chi connectivity index (χ0v) is 13.1. The highest BCUT2D eigenvalue weighted by Crippen LogP contribution is 2.18. The lowest BCUT2D eigenvalue weighted by atomic mass is 9.97. The zero-order valence-electron chi connectivity index (χ0n) is 13.1. The van der Waals surface area contributed by atoms with Crippen LogP contribution in [0.2, 0.25) is 0 Å². The van der Waals surface area contributed by atoms with Crippen molar-refractivity contribution >= 4 is 5.97 Å². The normalized spacial score (nSPS) is 11.9. The van der Waals surface area contributed by atoms with Crippen molar-refractivity contribution in [2.45, 2.75) is 60.3 Å². The highest BCUT2D eigenvalue weighted by Gasteiger charge is 2.23. The Hall–Kier alpha value is -1.31. The predicted molar refractivity (Wildman–Crippen MR) is 81.7 cm³/mol. The third-order valence-electron chi connectivity index (χ3n) is 2.58. The molecule has 0 amide bonds. The average molecular weight is 264 g/mol. The van der Waals surface area contributed by atoms with Gasteiger partial charge in [0, 0.05) is 0 Å². The van der Waals surface area contributed by atoms with E-state index < -0.39 is 5.41 Å². The van der Waals surface area contributed by atoms with Gasteiger partial charge in [0.2, 0.25) is 0 Å². The number of hydrogen-bond donors (Lipinski definition) is 0. The first-order valence-electron chi connectivity index (χ1n) is 6.95. The van der Waals surface area contributed by atoms with Gasteiger partial charge in [-0.1, -0.05) is 18.2 Å². The van der Waals surface area contributed by atoms with E-state index in [0.29, 0.717) is 5.76 Å². The highest BCUT2D eigenvalue weighted by atomic mass is 16.5. The second-order valence-corrected chi connectivity index (χ2v) is 6.02. The van der Waals surface area contributed by atoms with Gasteiger partial charge in [-0.15, -0.1) is 0 Å². The van der Waals surface area contributed by atoms with Crippen molar-refractivity contribution in [2.24, 2.45) is 5.41 Å². The molecular formula is C17H28O2. The molecule has 0 aromatic heterocycles. The average Bonchev–Trinajstić information content (AvgIpc) is 2.30. The van der Waals surface area contributed by atoms with Crippen LogP contribution in [0.15, 0.2) is 36.1 Å². The summed E-state index contributed by atoms with van der Waals surface area (Å²) in [5.41, 5.74) is 0.882. The first-order valence-corrected chi connectivity index (χ1v) is 6.95. The van der Waals surface area contributed by atoms with Crippen molar-refractivity contribution in [2.75, 3.05) is 0 Å². The van der Waals surface area contributed by atoms with Gasteiger partial charge in [-0.25, -0.2) is 0 Å². The Kier molecular flexibility index (Phi) is 8.13. The fourth-order valence-electron chi connectivity index (χ4n) is 1.35. The van der Waals surface area contributed by atoms with Gasteiger partial charge in [-0.2, -0.15) is 0 Å². The van der Waals surface area contributed by atoms with Crippen LogP contribution in [0.1, 0.15) is 60.3 Å². The molecule has 0 saturated heterocycles. The number of carbonyl (C=O) groups excluding carboxylic acids is 1. The van der Waals surface area contributed by atoms with Gasteiger partial charge in [0.25, 0.3) is 0 Å². The molecule has 2 heteroatoms. The van der Waals surface area contributed by atoms with E-state index in [1.54, 1.807) is 6.08 Å². The fourth-order valence-corrected chi connectivity index (χ4v) is 1.35. The summed E-state index contributed by atoms with van der Waals surface area (Å²) in [5.74, 6) is 0.352. The van der Waals surface area contributed by atoms with Gasteiger partial charge < -0.3 is 4.74 Å². The van der Waals surface area contributed by atoms with E-state index in [2.05, 4.69) is 26.5 Å². The van der Waals surface area contributed by atoms with E-state index in [1.807, 2.05) is 26.8 Å². The van der Waals surface area contributed by atoms with Gasteiger partial charge in [0.15, 0.2) is 0 Å². The summed E-state index contributed by atoms with van der Waals surface area (Å²) >= 11 is 0. The highest BCUT2D eigenvalue weighted by molar-refractivity contribution is 5.76. The maximum Gasteiger partial charge on any atom is 0.316 e. The van der Waals surface area contributed by atoms with E-state index in [0.717, 1.165) is 25.7 Å². The first kappa shape index (κ1) is 17.7. The summed E-state index contributed by atoms with van der Waals surface area (Å²) < 4.78 is 5.30. The molecule has 0 aromatic carbocycles. The van der Waals surface area contributed by atoms with Crippen LogP contribution in [0.3, 0.4) is 0 Å². The number of carbonyl (C=O) groups is 1. The second kappa shape index (κ2) is 8.73. The van der Waals surface area contributed by atoms with Crippen LogP contribution in [0.5, 0.6) is 0 Å². The molecule has 0 atom stereocenters. The Morgan fingerprint density at radius 1 is 1.11 bits per heavy atom. The van der Waals surface area contributed by atoms with Gasteiger partial charge in [-0.3, -0.25) is 4.79 Å². The minimum Gasteiger partial charge on any atom is -0.427 e. The molecule has 0 rings (SSSR count). The smallest absolute Gasteiger partial charge is 0.316 e. The maximum atomic E-state index is 11.7. The molecule has 0 saturated carbocycles. The molecule has 0 N–H and O–H groups in total. The Labute approximate surface area is 118 Å². The first-order chi connectivity index (χ1) is 8.77. The van der Waals surface area contributed by atoms with Crippen molar-refractivity contribution in [1.82, 2.24) is 0 Å². The van der Waals surface area contributed by atoms with Crippen molar-refractivity contribution in [3.8, 4) is 0 Å². The Balaban J connectivity index is 4.10. The van der Waals surface area contributed by atoms with E-state index in [1.165, 1.54) is 5.57 Å². The molecule has 2 nitrogen and oxygen atoms in total. The van der Waals surface area contributed by atoms with Crippen LogP contribution < -0.4 is 0 Å². The Morgan fingerprint density at radius 2 is 1.63 bits per heavy atom. The second-order valence-electron chi connectivity index (χ2n) is 6.02. The summed E-state index contributed by atoms with van der Waals surface area (Å²) in [4.78, 5) is 11.7. The van der Waals surface area contributed by atoms with E-state index in [4.69, 9.17) is 4.74 Å². The number of hydrogen-bond acceptors (Lipinski definition) is 2. The molecule has 0 spiro atoms. The number of esters is 1. The lowest BCUT2D eigenvalue weighted by Crippen LogP contribution is -2.22. The van der Waals surface area contributed by atoms with Crippen LogP contribution >= 0.6 is 0 Å². The standard InChI is InChI=1S/C17H28O2/c1-7-15(19-16(18)17(4,5)6)13-11-9-8-10-12-14(2)3/h7,12-13H,1,8-11H2,2-6H3. The molecule has 0 aliphatic carbocycles. The van der Waals surface area contributed by atoms with Gasteiger partial charge in [0.1, 0.15) is 5.76 Å². The molecular weight excluding hydrogens is 236 g/mol. The third-order valence-corrected chi connectivity index (χ3v) is 2.58. The molecule has 0 heterocycles. The van der Waals surface area contributed by atoms with E-state index >= 15 is 0 Å². The van der Waals surface area contributed by atoms with Crippen LogP contribution in [0.25, 0.3) is 0 Å². The molecule has 0 aliphatic rings. The largest absolute Gasteiger partial charge is 0.427 e. The third kappa shape index (κ3) is 9.29. The molecule has 108 valence electrons. The zero-order chi connectivity index (χ0) is 14.9. The summed E-state index contributed by atoms with van der Waals surface area (Å²) in [7, 11) is 0. The Morgan fingerprint density at radius 3 is 2.05 bits per heavy atom. The van der Waals surface area contributed by atoms with Gasteiger partial charge >= 0.3 is 5.97 Å². The lowest BCUT2D eigenvalue weighted by Gasteiger charge is -2.16. The Bertz CT molecular complexity index is 350. The van der Waals surface area contributed by atoms with Crippen LogP contribution in [0, 0.1) is 5.41 Å². The molecule has 0 fully saturated rings. The molecule has 0 aliphatic heterocycles. The number of rotatable bonds is 7. The molecule has 19 heavy (non-hydrogen) atoms. The van der Waals surface area contributed by atoms with Gasteiger partial charge in [-0.05, 0) is 72.5 Å². The predicted octanol–water partition coefficient (Wildman–Crippen LogP) is 5.17. The number of ether oxygens (including phenoxy) is 1. The minimum atomic E-state index is -0.481. The summed E-state index contributed by atoms with van der Waals surface area (Å²) in [6, 6.07) is 0. The minimum absolute atomic E-state index is 0.219. The van der Waals surface area contributed by atoms with Crippen LogP contribution in [-0.4, -0.2) is 5.97 Å². The number of allylic oxidation sites excluding steroid dienone is 4. The van der Waals surface area contributed by atoms with Crippen LogP contribution in [-0.2, 0) is 9.53 Å². The monoisotopic (exact) mass is 264 g/mol. The molecule has 0 bridgehead atoms. The topological polar surface area (TPSA) is 26.3 Å². The van der Waals surface area contributed by atoms with Crippen molar-refractivity contribution in [3.05, 3.63) is 36.1 Å². The molecule has 0 radical (unpaired) electrons. The molecule has 0 aromatic rings. The SMILES string of the molecule is C=CC(=CCCCCC=C(C)C)OC(=O)C(C)(C)C. The van der Waals surface area contributed by atoms with E-state index in [9.17, 15) is 4.79 Å². The van der Waals surface area contributed by atoms with Gasteiger partial charge in [0.05, 0.1) is 5.41 Å². The summed E-state index contributed by atoms with van der Waals surface area (Å²) in [6.07, 6.45) is 10.1. The summed E-state index contributed by atoms with van der Waals surface area (Å²) in [6.45, 7) is 13.4. The van der Waals surface area contributed by atoms with Crippen molar-refractivity contribution in [1.29, 1.82) is 0 Å². The quantitative estimate of drug-likeness (QED) is 0.208. The summed E-state index contributed by atoms with van der Waals surface area (Å²) in [5, 5.41) is 0.